The zero-order chi connectivity index (χ0) is 13.8. The van der Waals surface area contributed by atoms with Gasteiger partial charge < -0.3 is 19.5 Å². The predicted molar refractivity (Wildman–Crippen MR) is 74.5 cm³/mol. The Kier molecular flexibility index (Phi) is 4.80. The topological polar surface area (TPSA) is 39.7 Å². The van der Waals surface area contributed by atoms with Gasteiger partial charge in [-0.2, -0.15) is 0 Å². The van der Waals surface area contributed by atoms with E-state index in [0.29, 0.717) is 6.04 Å². The first kappa shape index (κ1) is 14.3. The van der Waals surface area contributed by atoms with E-state index in [1.165, 1.54) is 11.1 Å². The Morgan fingerprint density at radius 1 is 1.21 bits per heavy atom. The van der Waals surface area contributed by atoms with Crippen molar-refractivity contribution in [1.29, 1.82) is 0 Å². The maximum atomic E-state index is 5.31. The fraction of sp³-hybridized carbons (Fsp3) is 0.600. The molecule has 0 amide bonds. The Labute approximate surface area is 115 Å². The first-order chi connectivity index (χ1) is 9.19. The summed E-state index contributed by atoms with van der Waals surface area (Å²) in [6.45, 7) is 2.08. The van der Waals surface area contributed by atoms with Crippen molar-refractivity contribution in [2.24, 2.45) is 0 Å². The third-order valence-corrected chi connectivity index (χ3v) is 3.77. The largest absolute Gasteiger partial charge is 0.497 e. The summed E-state index contributed by atoms with van der Waals surface area (Å²) < 4.78 is 15.9. The zero-order valence-electron chi connectivity index (χ0n) is 12.1. The van der Waals surface area contributed by atoms with Gasteiger partial charge in [0.25, 0.3) is 0 Å². The van der Waals surface area contributed by atoms with Gasteiger partial charge in [0.05, 0.1) is 13.2 Å². The van der Waals surface area contributed by atoms with E-state index in [1.807, 2.05) is 6.07 Å². The highest BCUT2D eigenvalue weighted by Crippen LogP contribution is 2.34. The molecule has 2 unspecified atom stereocenters. The van der Waals surface area contributed by atoms with Crippen molar-refractivity contribution in [2.75, 3.05) is 21.3 Å². The van der Waals surface area contributed by atoms with Crippen LogP contribution in [-0.4, -0.2) is 33.7 Å². The molecule has 2 rings (SSSR count). The lowest BCUT2D eigenvalue weighted by Gasteiger charge is -2.26. The van der Waals surface area contributed by atoms with Gasteiger partial charge >= 0.3 is 0 Å². The van der Waals surface area contributed by atoms with Gasteiger partial charge in [-0.25, -0.2) is 0 Å². The second kappa shape index (κ2) is 6.37. The van der Waals surface area contributed by atoms with Crippen LogP contribution in [0.3, 0.4) is 0 Å². The normalized spacial score (nSPS) is 19.5. The molecule has 0 bridgehead atoms. The third-order valence-electron chi connectivity index (χ3n) is 3.77. The van der Waals surface area contributed by atoms with Crippen molar-refractivity contribution in [2.45, 2.75) is 38.1 Å². The summed E-state index contributed by atoms with van der Waals surface area (Å²) in [4.78, 5) is 0. The van der Waals surface area contributed by atoms with Gasteiger partial charge in [-0.15, -0.1) is 0 Å². The Balaban J connectivity index is 2.09. The van der Waals surface area contributed by atoms with Crippen LogP contribution in [0.5, 0.6) is 5.75 Å². The Morgan fingerprint density at radius 3 is 2.58 bits per heavy atom. The van der Waals surface area contributed by atoms with Crippen molar-refractivity contribution in [3.63, 3.8) is 0 Å². The highest BCUT2D eigenvalue weighted by molar-refractivity contribution is 5.40. The standard InChI is InChI=1S/C15H23NO3/c1-10(15(18-3)19-4)16-14-8-6-11-5-7-12(17-2)9-13(11)14/h5,7,9-10,14-16H,6,8H2,1-4H3. The number of rotatable bonds is 6. The summed E-state index contributed by atoms with van der Waals surface area (Å²) in [6, 6.07) is 6.79. The molecular formula is C15H23NO3. The van der Waals surface area contributed by atoms with Crippen molar-refractivity contribution < 1.29 is 14.2 Å². The van der Waals surface area contributed by atoms with E-state index in [1.54, 1.807) is 21.3 Å². The molecule has 0 radical (unpaired) electrons. The smallest absolute Gasteiger partial charge is 0.171 e. The first-order valence-corrected chi connectivity index (χ1v) is 6.68. The van der Waals surface area contributed by atoms with Gasteiger partial charge in [0.2, 0.25) is 0 Å². The SMILES string of the molecule is COc1ccc2c(c1)C(NC(C)C(OC)OC)CC2. The zero-order valence-corrected chi connectivity index (χ0v) is 12.1. The van der Waals surface area contributed by atoms with Crippen LogP contribution in [-0.2, 0) is 15.9 Å². The summed E-state index contributed by atoms with van der Waals surface area (Å²) in [5.74, 6) is 0.912. The first-order valence-electron chi connectivity index (χ1n) is 6.68. The lowest BCUT2D eigenvalue weighted by Crippen LogP contribution is -2.41. The third kappa shape index (κ3) is 3.08. The molecule has 0 saturated heterocycles. The van der Waals surface area contributed by atoms with Crippen LogP contribution >= 0.6 is 0 Å². The van der Waals surface area contributed by atoms with Gasteiger partial charge in [-0.1, -0.05) is 6.07 Å². The number of hydrogen-bond donors (Lipinski definition) is 1. The van der Waals surface area contributed by atoms with Crippen molar-refractivity contribution >= 4 is 0 Å². The van der Waals surface area contributed by atoms with E-state index >= 15 is 0 Å². The molecule has 106 valence electrons. The van der Waals surface area contributed by atoms with Gasteiger partial charge in [0.1, 0.15) is 5.75 Å². The molecule has 4 nitrogen and oxygen atoms in total. The molecule has 0 saturated carbocycles. The monoisotopic (exact) mass is 265 g/mol. The van der Waals surface area contributed by atoms with Gasteiger partial charge in [-0.3, -0.25) is 0 Å². The van der Waals surface area contributed by atoms with Crippen LogP contribution < -0.4 is 10.1 Å². The number of fused-ring (bicyclic) bond motifs is 1. The summed E-state index contributed by atoms with van der Waals surface area (Å²) in [5, 5.41) is 3.58. The van der Waals surface area contributed by atoms with Crippen molar-refractivity contribution in [3.05, 3.63) is 29.3 Å². The van der Waals surface area contributed by atoms with Crippen LogP contribution in [0.25, 0.3) is 0 Å². The lowest BCUT2D eigenvalue weighted by molar-refractivity contribution is -0.121. The van der Waals surface area contributed by atoms with E-state index in [-0.39, 0.29) is 12.3 Å². The van der Waals surface area contributed by atoms with Gasteiger partial charge in [0, 0.05) is 20.3 Å². The fourth-order valence-electron chi connectivity index (χ4n) is 2.78. The van der Waals surface area contributed by atoms with E-state index in [9.17, 15) is 0 Å². The minimum absolute atomic E-state index is 0.136. The van der Waals surface area contributed by atoms with E-state index in [4.69, 9.17) is 14.2 Å². The highest BCUT2D eigenvalue weighted by Gasteiger charge is 2.26. The maximum Gasteiger partial charge on any atom is 0.171 e. The van der Waals surface area contributed by atoms with Gasteiger partial charge in [-0.05, 0) is 43.0 Å². The number of nitrogens with one attached hydrogen (secondary N) is 1. The average Bonchev–Trinajstić information content (AvgIpc) is 2.82. The molecule has 1 aliphatic rings. The summed E-state index contributed by atoms with van der Waals surface area (Å²) in [7, 11) is 5.03. The molecule has 0 fully saturated rings. The number of ether oxygens (including phenoxy) is 3. The molecule has 4 heteroatoms. The minimum Gasteiger partial charge on any atom is -0.497 e. The second-order valence-corrected chi connectivity index (χ2v) is 4.95. The summed E-state index contributed by atoms with van der Waals surface area (Å²) >= 11 is 0. The Bertz CT molecular complexity index is 418. The molecule has 1 aliphatic carbocycles. The molecule has 19 heavy (non-hydrogen) atoms. The fourth-order valence-corrected chi connectivity index (χ4v) is 2.78. The molecule has 2 atom stereocenters. The van der Waals surface area contributed by atoms with Crippen molar-refractivity contribution in [1.82, 2.24) is 5.32 Å². The molecular weight excluding hydrogens is 242 g/mol. The highest BCUT2D eigenvalue weighted by atomic mass is 16.7. The quantitative estimate of drug-likeness (QED) is 0.801. The molecule has 1 aromatic carbocycles. The predicted octanol–water partition coefficient (Wildman–Crippen LogP) is 2.28. The number of benzene rings is 1. The van der Waals surface area contributed by atoms with Crippen LogP contribution in [0.1, 0.15) is 30.5 Å². The summed E-state index contributed by atoms with van der Waals surface area (Å²) in [6.07, 6.45) is 1.98. The number of aryl methyl sites for hydroxylation is 1. The number of hydrogen-bond acceptors (Lipinski definition) is 4. The van der Waals surface area contributed by atoms with Crippen molar-refractivity contribution in [3.8, 4) is 5.75 Å². The molecule has 1 aromatic rings. The molecule has 0 spiro atoms. The van der Waals surface area contributed by atoms with Crippen LogP contribution in [0.2, 0.25) is 0 Å². The minimum atomic E-state index is -0.227. The van der Waals surface area contributed by atoms with E-state index < -0.39 is 0 Å². The van der Waals surface area contributed by atoms with E-state index in [0.717, 1.165) is 18.6 Å². The average molecular weight is 265 g/mol. The molecule has 0 aliphatic heterocycles. The van der Waals surface area contributed by atoms with Crippen LogP contribution in [0, 0.1) is 0 Å². The van der Waals surface area contributed by atoms with Crippen LogP contribution in [0.15, 0.2) is 18.2 Å². The maximum absolute atomic E-state index is 5.31. The van der Waals surface area contributed by atoms with Crippen LogP contribution in [0.4, 0.5) is 0 Å². The Hall–Kier alpha value is -1.10. The van der Waals surface area contributed by atoms with Gasteiger partial charge in [0.15, 0.2) is 6.29 Å². The molecule has 0 heterocycles. The Morgan fingerprint density at radius 2 is 1.95 bits per heavy atom. The molecule has 0 aromatic heterocycles. The number of methoxy groups -OCH3 is 3. The summed E-state index contributed by atoms with van der Waals surface area (Å²) in [5.41, 5.74) is 2.73. The van der Waals surface area contributed by atoms with E-state index in [2.05, 4.69) is 24.4 Å². The second-order valence-electron chi connectivity index (χ2n) is 4.95. The lowest BCUT2D eigenvalue weighted by atomic mass is 10.1. The molecule has 1 N–H and O–H groups in total.